The molecule has 9 heteroatoms. The van der Waals surface area contributed by atoms with Crippen LogP contribution in [0.2, 0.25) is 0 Å². The van der Waals surface area contributed by atoms with Gasteiger partial charge in [-0.25, -0.2) is 4.39 Å². The second kappa shape index (κ2) is 13.6. The van der Waals surface area contributed by atoms with E-state index in [1.165, 1.54) is 6.07 Å². The predicted octanol–water partition coefficient (Wildman–Crippen LogP) is 2.83. The molecule has 0 aliphatic heterocycles. The lowest BCUT2D eigenvalue weighted by molar-refractivity contribution is -0.119. The lowest BCUT2D eigenvalue weighted by atomic mass is 10.2. The van der Waals surface area contributed by atoms with Crippen molar-refractivity contribution in [1.82, 2.24) is 10.6 Å². The van der Waals surface area contributed by atoms with Crippen molar-refractivity contribution in [3.63, 3.8) is 0 Å². The standard InChI is InChI=1S/C21H27FN4O3.HI/c1-3-16(29-19-10-5-4-9-18(19)22)13-26-21(24-2)25-12-15-7-6-8-17(11-15)28-14-20(23)27;/h4-11,16H,3,12-14H2,1-2H3,(H2,23,27)(H2,24,25,26);1H. The number of benzene rings is 2. The number of hydrogen-bond donors (Lipinski definition) is 3. The first-order valence-electron chi connectivity index (χ1n) is 9.37. The highest BCUT2D eigenvalue weighted by molar-refractivity contribution is 14.0. The van der Waals surface area contributed by atoms with Gasteiger partial charge < -0.3 is 25.8 Å². The molecule has 2 aromatic carbocycles. The minimum Gasteiger partial charge on any atom is -0.486 e. The number of halogens is 2. The number of carbonyl (C=O) groups excluding carboxylic acids is 1. The van der Waals surface area contributed by atoms with E-state index in [1.807, 2.05) is 25.1 Å². The molecule has 0 fully saturated rings. The van der Waals surface area contributed by atoms with Crippen molar-refractivity contribution in [2.24, 2.45) is 10.7 Å². The molecule has 0 aliphatic carbocycles. The monoisotopic (exact) mass is 530 g/mol. The Kier molecular flexibility index (Phi) is 11.6. The predicted molar refractivity (Wildman–Crippen MR) is 126 cm³/mol. The highest BCUT2D eigenvalue weighted by Crippen LogP contribution is 2.18. The first-order chi connectivity index (χ1) is 14.0. The van der Waals surface area contributed by atoms with Gasteiger partial charge in [-0.2, -0.15) is 0 Å². The highest BCUT2D eigenvalue weighted by Gasteiger charge is 2.12. The van der Waals surface area contributed by atoms with E-state index in [-0.39, 0.29) is 48.3 Å². The summed E-state index contributed by atoms with van der Waals surface area (Å²) in [6, 6.07) is 13.7. The summed E-state index contributed by atoms with van der Waals surface area (Å²) in [6.45, 7) is 2.77. The largest absolute Gasteiger partial charge is 0.486 e. The van der Waals surface area contributed by atoms with Gasteiger partial charge in [0.2, 0.25) is 0 Å². The molecule has 164 valence electrons. The van der Waals surface area contributed by atoms with Crippen LogP contribution < -0.4 is 25.8 Å². The molecule has 0 saturated heterocycles. The van der Waals surface area contributed by atoms with Gasteiger partial charge in [-0.1, -0.05) is 31.2 Å². The summed E-state index contributed by atoms with van der Waals surface area (Å²) in [7, 11) is 1.67. The Morgan fingerprint density at radius 1 is 1.20 bits per heavy atom. The van der Waals surface area contributed by atoms with Crippen molar-refractivity contribution in [3.05, 3.63) is 59.9 Å². The fourth-order valence-electron chi connectivity index (χ4n) is 2.51. The Morgan fingerprint density at radius 2 is 1.97 bits per heavy atom. The number of hydrogen-bond acceptors (Lipinski definition) is 4. The van der Waals surface area contributed by atoms with Crippen molar-refractivity contribution < 1.29 is 18.7 Å². The van der Waals surface area contributed by atoms with Crippen LogP contribution in [0, 0.1) is 5.82 Å². The van der Waals surface area contributed by atoms with Crippen LogP contribution in [0.5, 0.6) is 11.5 Å². The molecule has 7 nitrogen and oxygen atoms in total. The summed E-state index contributed by atoms with van der Waals surface area (Å²) < 4.78 is 24.8. The topological polar surface area (TPSA) is 98.0 Å². The van der Waals surface area contributed by atoms with Crippen molar-refractivity contribution >= 4 is 35.8 Å². The van der Waals surface area contributed by atoms with Gasteiger partial charge >= 0.3 is 0 Å². The summed E-state index contributed by atoms with van der Waals surface area (Å²) in [5.41, 5.74) is 6.04. The van der Waals surface area contributed by atoms with Crippen molar-refractivity contribution in [2.75, 3.05) is 20.2 Å². The van der Waals surface area contributed by atoms with Gasteiger partial charge in [-0.15, -0.1) is 24.0 Å². The van der Waals surface area contributed by atoms with Gasteiger partial charge in [0.05, 0.1) is 6.54 Å². The molecule has 4 N–H and O–H groups in total. The third-order valence-electron chi connectivity index (χ3n) is 4.05. The van der Waals surface area contributed by atoms with Crippen LogP contribution in [-0.4, -0.2) is 38.2 Å². The smallest absolute Gasteiger partial charge is 0.255 e. The zero-order valence-corrected chi connectivity index (χ0v) is 19.4. The molecule has 0 heterocycles. The van der Waals surface area contributed by atoms with E-state index in [1.54, 1.807) is 31.3 Å². The Balaban J connectivity index is 0.00000450. The van der Waals surface area contributed by atoms with Crippen LogP contribution in [0.15, 0.2) is 53.5 Å². The summed E-state index contributed by atoms with van der Waals surface area (Å²) >= 11 is 0. The van der Waals surface area contributed by atoms with Crippen LogP contribution in [-0.2, 0) is 11.3 Å². The number of para-hydroxylation sites is 1. The van der Waals surface area contributed by atoms with Crippen LogP contribution in [0.3, 0.4) is 0 Å². The van der Waals surface area contributed by atoms with Crippen LogP contribution in [0.25, 0.3) is 0 Å². The first kappa shape index (κ1) is 25.5. The minimum absolute atomic E-state index is 0. The number of amides is 1. The summed E-state index contributed by atoms with van der Waals surface area (Å²) in [4.78, 5) is 15.0. The molecule has 0 aromatic heterocycles. The van der Waals surface area contributed by atoms with E-state index in [0.717, 1.165) is 5.56 Å². The van der Waals surface area contributed by atoms with Crippen molar-refractivity contribution in [1.29, 1.82) is 0 Å². The van der Waals surface area contributed by atoms with E-state index in [9.17, 15) is 9.18 Å². The van der Waals surface area contributed by atoms with Crippen molar-refractivity contribution in [3.8, 4) is 11.5 Å². The average Bonchev–Trinajstić information content (AvgIpc) is 2.73. The van der Waals surface area contributed by atoms with Gasteiger partial charge in [0.1, 0.15) is 11.9 Å². The van der Waals surface area contributed by atoms with Crippen LogP contribution in [0.4, 0.5) is 4.39 Å². The molecule has 2 rings (SSSR count). The number of carbonyl (C=O) groups is 1. The van der Waals surface area contributed by atoms with E-state index >= 15 is 0 Å². The Labute approximate surface area is 193 Å². The van der Waals surface area contributed by atoms with Gasteiger partial charge in [-0.3, -0.25) is 9.79 Å². The molecule has 0 saturated carbocycles. The number of aliphatic imine (C=N–C) groups is 1. The van der Waals surface area contributed by atoms with Gasteiger partial charge in [0, 0.05) is 13.6 Å². The molecule has 0 bridgehead atoms. The number of nitrogens with zero attached hydrogens (tertiary/aromatic N) is 1. The number of primary amides is 1. The zero-order valence-electron chi connectivity index (χ0n) is 17.1. The Hall–Kier alpha value is -2.56. The maximum absolute atomic E-state index is 13.8. The molecule has 30 heavy (non-hydrogen) atoms. The Morgan fingerprint density at radius 3 is 2.63 bits per heavy atom. The van der Waals surface area contributed by atoms with Crippen LogP contribution >= 0.6 is 24.0 Å². The maximum atomic E-state index is 13.8. The van der Waals surface area contributed by atoms with E-state index in [2.05, 4.69) is 15.6 Å². The maximum Gasteiger partial charge on any atom is 0.255 e. The quantitative estimate of drug-likeness (QED) is 0.250. The molecule has 0 radical (unpaired) electrons. The number of ether oxygens (including phenoxy) is 2. The van der Waals surface area contributed by atoms with E-state index in [4.69, 9.17) is 15.2 Å². The lowest BCUT2D eigenvalue weighted by Gasteiger charge is -2.20. The third-order valence-corrected chi connectivity index (χ3v) is 4.05. The Bertz CT molecular complexity index is 835. The van der Waals surface area contributed by atoms with E-state index < -0.39 is 5.91 Å². The van der Waals surface area contributed by atoms with Gasteiger partial charge in [0.15, 0.2) is 24.1 Å². The second-order valence-electron chi connectivity index (χ2n) is 6.29. The summed E-state index contributed by atoms with van der Waals surface area (Å²) in [5.74, 6) is 0.476. The highest BCUT2D eigenvalue weighted by atomic mass is 127. The fourth-order valence-corrected chi connectivity index (χ4v) is 2.51. The van der Waals surface area contributed by atoms with Gasteiger partial charge in [-0.05, 0) is 36.2 Å². The number of guanidine groups is 1. The normalized spacial score (nSPS) is 11.8. The lowest BCUT2D eigenvalue weighted by Crippen LogP contribution is -2.42. The molecular formula is C21H28FIN4O3. The number of rotatable bonds is 10. The average molecular weight is 530 g/mol. The summed E-state index contributed by atoms with van der Waals surface area (Å²) in [6.07, 6.45) is 0.494. The molecule has 1 atom stereocenters. The SMILES string of the molecule is CCC(CNC(=NC)NCc1cccc(OCC(N)=O)c1)Oc1ccccc1F.I. The first-order valence-corrected chi connectivity index (χ1v) is 9.37. The minimum atomic E-state index is -0.527. The van der Waals surface area contributed by atoms with Gasteiger partial charge in [0.25, 0.3) is 5.91 Å². The molecule has 2 aromatic rings. The third kappa shape index (κ3) is 8.85. The second-order valence-corrected chi connectivity index (χ2v) is 6.29. The molecule has 1 unspecified atom stereocenters. The molecular weight excluding hydrogens is 502 g/mol. The van der Waals surface area contributed by atoms with E-state index in [0.29, 0.717) is 31.2 Å². The summed E-state index contributed by atoms with van der Waals surface area (Å²) in [5, 5.41) is 6.38. The van der Waals surface area contributed by atoms with Crippen molar-refractivity contribution in [2.45, 2.75) is 26.0 Å². The number of nitrogens with one attached hydrogen (secondary N) is 2. The number of nitrogens with two attached hydrogens (primary N) is 1. The molecule has 0 spiro atoms. The fraction of sp³-hybridized carbons (Fsp3) is 0.333. The molecule has 0 aliphatic rings. The molecule has 1 amide bonds. The zero-order chi connectivity index (χ0) is 21.1. The van der Waals surface area contributed by atoms with Crippen LogP contribution in [0.1, 0.15) is 18.9 Å².